The fraction of sp³-hybridized carbons (Fsp3) is 0. The molecular weight excluding hydrogens is 543 g/mol. The Morgan fingerprint density at radius 3 is 0.778 bits per heavy atom. The van der Waals surface area contributed by atoms with Crippen molar-refractivity contribution in [1.29, 1.82) is 0 Å². The topological polar surface area (TPSA) is 26.1 Å². The minimum Gasteiger partial charge on any atom is -0.618 e. The van der Waals surface area contributed by atoms with Gasteiger partial charge in [-0.25, -0.2) is 57.1 Å². The van der Waals surface area contributed by atoms with E-state index in [1.807, 2.05) is 0 Å². The predicted molar refractivity (Wildman–Crippen MR) is 85.2 cm³/mol. The monoisotopic (exact) mass is 543 g/mol. The minimum absolute atomic E-state index is 1.99. The summed E-state index contributed by atoms with van der Waals surface area (Å²) in [6.45, 7) is 0. The van der Waals surface area contributed by atoms with Gasteiger partial charge < -0.3 is 5.21 Å². The van der Waals surface area contributed by atoms with Gasteiger partial charge in [0.15, 0.2) is 46.5 Å². The first-order valence-electron chi connectivity index (χ1n) is 8.46. The second kappa shape index (κ2) is 8.94. The Hall–Kier alpha value is -3.92. The fourth-order valence-electron chi connectivity index (χ4n) is 2.84. The van der Waals surface area contributed by atoms with Crippen LogP contribution in [0.15, 0.2) is 0 Å². The van der Waals surface area contributed by atoms with Gasteiger partial charge in [0.1, 0.15) is 11.1 Å². The van der Waals surface area contributed by atoms with E-state index in [9.17, 15) is 71.1 Å². The molecule has 3 aromatic rings. The van der Waals surface area contributed by atoms with Crippen molar-refractivity contribution in [2.75, 3.05) is 0 Å². The molecule has 0 amide bonds. The lowest BCUT2D eigenvalue weighted by molar-refractivity contribution is -0.366. The molecule has 0 aliphatic carbocycles. The van der Waals surface area contributed by atoms with Crippen molar-refractivity contribution in [3.05, 3.63) is 104 Å². The van der Waals surface area contributed by atoms with E-state index < -0.39 is 115 Å². The van der Waals surface area contributed by atoms with Gasteiger partial charge in [-0.3, -0.25) is 0 Å². The molecule has 192 valence electrons. The van der Waals surface area contributed by atoms with E-state index in [0.717, 1.165) is 0 Å². The molecule has 0 unspecified atom stereocenters. The summed E-state index contributed by atoms with van der Waals surface area (Å²) in [4.78, 5) is 0. The highest BCUT2D eigenvalue weighted by Crippen LogP contribution is 2.34. The quantitative estimate of drug-likeness (QED) is 0.0710. The molecule has 0 atom stereocenters. The van der Waals surface area contributed by atoms with E-state index in [-0.39, 0.29) is 0 Å². The molecule has 0 heterocycles. The van der Waals surface area contributed by atoms with Crippen molar-refractivity contribution in [1.82, 2.24) is 0 Å². The molecule has 0 radical (unpaired) electrons. The summed E-state index contributed by atoms with van der Waals surface area (Å²) in [7, 11) is 0. The smallest absolute Gasteiger partial charge is 0.295 e. The molecule has 0 fully saturated rings. The lowest BCUT2D eigenvalue weighted by Crippen LogP contribution is -2.26. The van der Waals surface area contributed by atoms with E-state index in [1.165, 1.54) is 0 Å². The van der Waals surface area contributed by atoms with Crippen LogP contribution in [0.25, 0.3) is 0 Å². The Balaban J connectivity index is 2.73. The second-order valence-electron chi connectivity index (χ2n) is 6.45. The Kier molecular flexibility index (Phi) is 6.63. The van der Waals surface area contributed by atoms with Gasteiger partial charge in [-0.05, 0) is 0 Å². The molecule has 0 saturated heterocycles. The van der Waals surface area contributed by atoms with Gasteiger partial charge in [-0.1, -0.05) is 0 Å². The number of nitrogens with zero attached hydrogens (tertiary/aromatic N) is 1. The zero-order chi connectivity index (χ0) is 27.5. The summed E-state index contributed by atoms with van der Waals surface area (Å²) in [5.74, 6) is -46.1. The predicted octanol–water partition coefficient (Wildman–Crippen LogP) is 6.45. The van der Waals surface area contributed by atoms with Gasteiger partial charge in [0.2, 0.25) is 46.4 Å². The number of rotatable bonds is 3. The highest BCUT2D eigenvalue weighted by Gasteiger charge is 2.42. The summed E-state index contributed by atoms with van der Waals surface area (Å²) >= 11 is 0. The summed E-state index contributed by atoms with van der Waals surface area (Å²) in [6.07, 6.45) is 0. The van der Waals surface area contributed by atoms with Crippen LogP contribution in [0.3, 0.4) is 0 Å². The first-order chi connectivity index (χ1) is 16.6. The molecule has 36 heavy (non-hydrogen) atoms. The molecule has 3 rings (SSSR count). The maximum absolute atomic E-state index is 14.4. The molecule has 0 saturated carbocycles. The maximum atomic E-state index is 14.4. The zero-order valence-corrected chi connectivity index (χ0v) is 16.0. The van der Waals surface area contributed by atoms with Gasteiger partial charge in [0.05, 0.1) is 0 Å². The van der Waals surface area contributed by atoms with Crippen molar-refractivity contribution >= 4 is 11.4 Å². The lowest BCUT2D eigenvalue weighted by atomic mass is 9.98. The Morgan fingerprint density at radius 1 is 0.333 bits per heavy atom. The van der Waals surface area contributed by atoms with E-state index in [0.29, 0.717) is 0 Å². The van der Waals surface area contributed by atoms with Crippen LogP contribution in [0.5, 0.6) is 0 Å². The standard InChI is InChI=1S/C19F15NO/c20-3-1(4(21)8(25)11(28)7(3)24)18(2-5(22)9(26)12(29)10(27)6(2)23)35(36)19-16(33)14(31)13(30)15(32)17(19)34. The molecule has 3 aromatic carbocycles. The van der Waals surface area contributed by atoms with Crippen LogP contribution in [0.4, 0.5) is 71.5 Å². The number of hydrogen-bond acceptors (Lipinski definition) is 1. The Morgan fingerprint density at radius 2 is 0.528 bits per heavy atom. The van der Waals surface area contributed by atoms with E-state index >= 15 is 0 Å². The van der Waals surface area contributed by atoms with Crippen molar-refractivity contribution in [2.24, 2.45) is 0 Å². The SMILES string of the molecule is [O-][N+](=C(c1c(F)c(F)c(F)c(F)c1F)c1c(F)c(F)c(F)c(F)c1F)c1c(F)c(F)c(F)c(F)c1F. The Bertz CT molecular complexity index is 1340. The lowest BCUT2D eigenvalue weighted by Gasteiger charge is -2.16. The fourth-order valence-corrected chi connectivity index (χ4v) is 2.84. The normalized spacial score (nSPS) is 11.3. The van der Waals surface area contributed by atoms with Gasteiger partial charge in [-0.2, -0.15) is 13.5 Å². The molecule has 0 bridgehead atoms. The maximum Gasteiger partial charge on any atom is 0.295 e. The van der Waals surface area contributed by atoms with Gasteiger partial charge >= 0.3 is 0 Å². The summed E-state index contributed by atoms with van der Waals surface area (Å²) in [5.41, 5.74) is -11.5. The van der Waals surface area contributed by atoms with Crippen molar-refractivity contribution in [3.63, 3.8) is 0 Å². The molecule has 0 aliphatic heterocycles. The van der Waals surface area contributed by atoms with Crippen LogP contribution >= 0.6 is 0 Å². The van der Waals surface area contributed by atoms with Gasteiger partial charge in [0.25, 0.3) is 5.69 Å². The van der Waals surface area contributed by atoms with Crippen molar-refractivity contribution in [2.45, 2.75) is 0 Å². The van der Waals surface area contributed by atoms with Crippen LogP contribution < -0.4 is 0 Å². The van der Waals surface area contributed by atoms with Crippen LogP contribution in [0, 0.1) is 92.5 Å². The van der Waals surface area contributed by atoms with Crippen LogP contribution in [0.2, 0.25) is 0 Å². The van der Waals surface area contributed by atoms with Crippen LogP contribution in [-0.2, 0) is 0 Å². The largest absolute Gasteiger partial charge is 0.618 e. The van der Waals surface area contributed by atoms with Crippen molar-refractivity contribution < 1.29 is 70.6 Å². The molecule has 0 N–H and O–H groups in total. The third-order valence-electron chi connectivity index (χ3n) is 4.49. The van der Waals surface area contributed by atoms with Crippen LogP contribution in [-0.4, -0.2) is 10.5 Å². The Labute approximate surface area is 186 Å². The summed E-state index contributed by atoms with van der Waals surface area (Å²) < 4.78 is 206. The molecule has 0 aliphatic rings. The second-order valence-corrected chi connectivity index (χ2v) is 6.45. The molecule has 0 spiro atoms. The van der Waals surface area contributed by atoms with Gasteiger partial charge in [-0.15, -0.1) is 0 Å². The first kappa shape index (κ1) is 26.7. The van der Waals surface area contributed by atoms with E-state index in [1.54, 1.807) is 0 Å². The highest BCUT2D eigenvalue weighted by molar-refractivity contribution is 6.11. The van der Waals surface area contributed by atoms with Crippen molar-refractivity contribution in [3.8, 4) is 0 Å². The average molecular weight is 543 g/mol. The molecule has 2 nitrogen and oxygen atoms in total. The number of benzene rings is 3. The molecular formula is C19F15NO. The molecule has 0 aromatic heterocycles. The summed E-state index contributed by atoms with van der Waals surface area (Å²) in [6, 6.07) is 0. The minimum atomic E-state index is -3.14. The third kappa shape index (κ3) is 3.60. The summed E-state index contributed by atoms with van der Waals surface area (Å²) in [5, 5.41) is 12.6. The first-order valence-corrected chi connectivity index (χ1v) is 8.46. The average Bonchev–Trinajstić information content (AvgIpc) is 2.85. The number of hydrogen-bond donors (Lipinski definition) is 0. The zero-order valence-electron chi connectivity index (χ0n) is 16.0. The third-order valence-corrected chi connectivity index (χ3v) is 4.49. The van der Waals surface area contributed by atoms with E-state index in [4.69, 9.17) is 0 Å². The number of halogens is 15. The molecule has 17 heteroatoms. The van der Waals surface area contributed by atoms with Crippen LogP contribution in [0.1, 0.15) is 11.1 Å². The highest BCUT2D eigenvalue weighted by atomic mass is 19.2. The van der Waals surface area contributed by atoms with E-state index in [2.05, 4.69) is 0 Å². The van der Waals surface area contributed by atoms with Gasteiger partial charge in [0, 0.05) is 0 Å².